The normalized spacial score (nSPS) is 13.6. The zero-order chi connectivity index (χ0) is 37.3. The first-order valence-corrected chi connectivity index (χ1v) is 17.4. The molecule has 2 aromatic carbocycles. The van der Waals surface area contributed by atoms with Gasteiger partial charge in [-0.05, 0) is 71.2 Å². The van der Waals surface area contributed by atoms with Crippen molar-refractivity contribution in [3.8, 4) is 5.75 Å². The lowest BCUT2D eigenvalue weighted by molar-refractivity contribution is -0.158. The summed E-state index contributed by atoms with van der Waals surface area (Å²) in [5, 5.41) is 0. The van der Waals surface area contributed by atoms with Gasteiger partial charge in [0.1, 0.15) is 11.4 Å². The third-order valence-electron chi connectivity index (χ3n) is 6.51. The van der Waals surface area contributed by atoms with Crippen LogP contribution in [0.25, 0.3) is 0 Å². The van der Waals surface area contributed by atoms with E-state index in [1.165, 1.54) is 35.4 Å². The molecule has 1 aliphatic rings. The van der Waals surface area contributed by atoms with Crippen LogP contribution in [-0.2, 0) is 20.8 Å². The van der Waals surface area contributed by atoms with Crippen molar-refractivity contribution < 1.29 is 32.5 Å². The molecular weight excluding hydrogens is 626 g/mol. The smallest absolute Gasteiger partial charge is 0.410 e. The van der Waals surface area contributed by atoms with Gasteiger partial charge in [0.05, 0.1) is 13.2 Å². The predicted molar refractivity (Wildman–Crippen MR) is 198 cm³/mol. The molecule has 0 radical (unpaired) electrons. The molecule has 1 fully saturated rings. The number of carbonyl (C=O) groups is 1. The van der Waals surface area contributed by atoms with Gasteiger partial charge in [-0.25, -0.2) is 4.79 Å². The van der Waals surface area contributed by atoms with E-state index in [4.69, 9.17) is 9.47 Å². The number of allylic oxidation sites excluding steroid dienone is 2. The number of rotatable bonds is 11. The Morgan fingerprint density at radius 3 is 1.86 bits per heavy atom. The topological polar surface area (TPSA) is 60.5 Å². The van der Waals surface area contributed by atoms with Gasteiger partial charge in [0.25, 0.3) is 0 Å². The fourth-order valence-electron chi connectivity index (χ4n) is 4.41. The summed E-state index contributed by atoms with van der Waals surface area (Å²) in [4.78, 5) is 16.5. The van der Waals surface area contributed by atoms with Crippen molar-refractivity contribution in [3.63, 3.8) is 0 Å². The lowest BCUT2D eigenvalue weighted by atomic mass is 10.1. The second kappa shape index (κ2) is 25.5. The lowest BCUT2D eigenvalue weighted by Gasteiger charge is -2.37. The van der Waals surface area contributed by atoms with Gasteiger partial charge in [0, 0.05) is 53.0 Å². The number of nitrogens with zero attached hydrogens (tertiary/aromatic N) is 2. The predicted octanol–water partition coefficient (Wildman–Crippen LogP) is 10.4. The highest BCUT2D eigenvalue weighted by atomic mass is 19.3. The SMILES string of the molecule is C/C=C(\C=C(/CCC)CCOCc1ccccc1)N1CCN(C(=O)OC(C)(C)C)CC1.CCC.COC.Cc1ccc(OC(C)(F)F)cc1. The third kappa shape index (κ3) is 23.5. The van der Waals surface area contributed by atoms with Crippen molar-refractivity contribution in [1.29, 1.82) is 0 Å². The number of hydrogen-bond donors (Lipinski definition) is 0. The summed E-state index contributed by atoms with van der Waals surface area (Å²) >= 11 is 0. The number of alkyl halides is 2. The first kappa shape index (κ1) is 45.6. The summed E-state index contributed by atoms with van der Waals surface area (Å²) in [6.07, 6.45) is 5.55. The Hall–Kier alpha value is -3.43. The van der Waals surface area contributed by atoms with Gasteiger partial charge in [0.2, 0.25) is 0 Å². The van der Waals surface area contributed by atoms with E-state index in [-0.39, 0.29) is 11.8 Å². The number of piperazine rings is 1. The van der Waals surface area contributed by atoms with Gasteiger partial charge in [-0.1, -0.05) is 93.3 Å². The highest BCUT2D eigenvalue weighted by molar-refractivity contribution is 5.68. The van der Waals surface area contributed by atoms with Crippen LogP contribution in [0, 0.1) is 6.92 Å². The van der Waals surface area contributed by atoms with E-state index in [2.05, 4.69) is 66.4 Å². The molecule has 0 aliphatic carbocycles. The summed E-state index contributed by atoms with van der Waals surface area (Å²) in [5.41, 5.74) is 4.42. The average molecular weight is 691 g/mol. The van der Waals surface area contributed by atoms with Crippen molar-refractivity contribution >= 4 is 6.09 Å². The molecule has 1 aliphatic heterocycles. The van der Waals surface area contributed by atoms with Crippen LogP contribution in [0.15, 0.2) is 78.0 Å². The Kier molecular flexibility index (Phi) is 23.7. The number of aryl methyl sites for hydroxylation is 1. The first-order chi connectivity index (χ1) is 23.1. The van der Waals surface area contributed by atoms with Crippen molar-refractivity contribution in [2.75, 3.05) is 47.0 Å². The summed E-state index contributed by atoms with van der Waals surface area (Å²) in [6.45, 7) is 21.3. The molecule has 0 bridgehead atoms. The molecule has 9 heteroatoms. The minimum Gasteiger partial charge on any atom is -0.444 e. The summed E-state index contributed by atoms with van der Waals surface area (Å²) in [5.74, 6) is 0.188. The van der Waals surface area contributed by atoms with Crippen molar-refractivity contribution in [3.05, 3.63) is 89.1 Å². The number of hydrogen-bond acceptors (Lipinski definition) is 6. The summed E-state index contributed by atoms with van der Waals surface area (Å²) in [6, 6.07) is 16.8. The molecule has 7 nitrogen and oxygen atoms in total. The standard InChI is InChI=1S/C26H40N2O3.C9H10F2O.C3H8.C2H6O/c1-6-11-22(14-19-30-21-23-12-9-8-10-13-23)20-24(7-2)27-15-17-28(18-16-27)25(29)31-26(3,4)5;1-7-3-5-8(6-4-7)12-9(2,10)11;2*1-3-2/h7-10,12-13,20H,6,11,14-19,21H2,1-5H3;3-6H,1-2H3;3H2,1-2H3;1-2H3/b22-20+,24-7+;;;. The fraction of sp³-hybridized carbons (Fsp3) is 0.575. The highest BCUT2D eigenvalue weighted by Gasteiger charge is 2.26. The van der Waals surface area contributed by atoms with Crippen LogP contribution in [0.5, 0.6) is 5.75 Å². The Morgan fingerprint density at radius 2 is 1.39 bits per heavy atom. The van der Waals surface area contributed by atoms with Gasteiger partial charge < -0.3 is 28.7 Å². The first-order valence-electron chi connectivity index (χ1n) is 17.4. The molecule has 0 N–H and O–H groups in total. The minimum atomic E-state index is -3.10. The molecule has 0 spiro atoms. The molecule has 0 saturated carbocycles. The molecule has 0 unspecified atom stereocenters. The molecule has 0 atom stereocenters. The molecular formula is C40H64F2N2O5. The molecule has 2 aromatic rings. The third-order valence-corrected chi connectivity index (χ3v) is 6.51. The Labute approximate surface area is 296 Å². The quantitative estimate of drug-likeness (QED) is 0.173. The molecule has 1 amide bonds. The van der Waals surface area contributed by atoms with Crippen LogP contribution in [-0.4, -0.2) is 74.6 Å². The van der Waals surface area contributed by atoms with Crippen LogP contribution in [0.2, 0.25) is 0 Å². The van der Waals surface area contributed by atoms with Gasteiger partial charge >= 0.3 is 12.2 Å². The van der Waals surface area contributed by atoms with Crippen LogP contribution in [0.1, 0.15) is 92.2 Å². The largest absolute Gasteiger partial charge is 0.444 e. The minimum absolute atomic E-state index is 0.188. The van der Waals surface area contributed by atoms with E-state index in [9.17, 15) is 13.6 Å². The molecule has 49 heavy (non-hydrogen) atoms. The van der Waals surface area contributed by atoms with Gasteiger partial charge in [0.15, 0.2) is 0 Å². The number of halogens is 2. The molecule has 278 valence electrons. The monoisotopic (exact) mass is 690 g/mol. The number of amides is 1. The second-order valence-electron chi connectivity index (χ2n) is 12.8. The summed E-state index contributed by atoms with van der Waals surface area (Å²) in [7, 11) is 3.25. The van der Waals surface area contributed by atoms with Crippen LogP contribution >= 0.6 is 0 Å². The van der Waals surface area contributed by atoms with Gasteiger partial charge in [-0.2, -0.15) is 8.78 Å². The van der Waals surface area contributed by atoms with Crippen LogP contribution < -0.4 is 4.74 Å². The Balaban J connectivity index is 0.00000105. The van der Waals surface area contributed by atoms with E-state index in [1.807, 2.05) is 50.8 Å². The molecule has 1 saturated heterocycles. The lowest BCUT2D eigenvalue weighted by Crippen LogP contribution is -2.49. The van der Waals surface area contributed by atoms with E-state index in [0.29, 0.717) is 26.6 Å². The molecule has 3 rings (SSSR count). The van der Waals surface area contributed by atoms with Crippen molar-refractivity contribution in [2.45, 2.75) is 106 Å². The van der Waals surface area contributed by atoms with E-state index < -0.39 is 11.7 Å². The van der Waals surface area contributed by atoms with Crippen molar-refractivity contribution in [1.82, 2.24) is 9.80 Å². The second-order valence-corrected chi connectivity index (χ2v) is 12.8. The number of ether oxygens (including phenoxy) is 4. The van der Waals surface area contributed by atoms with E-state index >= 15 is 0 Å². The maximum absolute atomic E-state index is 12.3. The number of benzene rings is 2. The molecule has 1 heterocycles. The van der Waals surface area contributed by atoms with E-state index in [1.54, 1.807) is 26.4 Å². The number of methoxy groups -OCH3 is 1. The van der Waals surface area contributed by atoms with Gasteiger partial charge in [-0.15, -0.1) is 0 Å². The zero-order valence-electron chi connectivity index (χ0n) is 32.1. The maximum atomic E-state index is 12.3. The summed E-state index contributed by atoms with van der Waals surface area (Å²) < 4.78 is 44.6. The Bertz CT molecular complexity index is 1180. The van der Waals surface area contributed by atoms with Crippen LogP contribution in [0.3, 0.4) is 0 Å². The Morgan fingerprint density at radius 1 is 0.857 bits per heavy atom. The highest BCUT2D eigenvalue weighted by Crippen LogP contribution is 2.21. The zero-order valence-corrected chi connectivity index (χ0v) is 32.1. The number of carbonyl (C=O) groups excluding carboxylic acids is 1. The van der Waals surface area contributed by atoms with Crippen molar-refractivity contribution in [2.24, 2.45) is 0 Å². The maximum Gasteiger partial charge on any atom is 0.410 e. The van der Waals surface area contributed by atoms with Gasteiger partial charge in [-0.3, -0.25) is 0 Å². The molecule has 0 aromatic heterocycles. The average Bonchev–Trinajstić information content (AvgIpc) is 3.03. The van der Waals surface area contributed by atoms with E-state index in [0.717, 1.165) is 44.5 Å². The fourth-order valence-corrected chi connectivity index (χ4v) is 4.41. The van der Waals surface area contributed by atoms with Crippen LogP contribution in [0.4, 0.5) is 13.6 Å².